The van der Waals surface area contributed by atoms with E-state index in [0.29, 0.717) is 52.4 Å². The van der Waals surface area contributed by atoms with Crippen LogP contribution < -0.4 is 15.4 Å². The van der Waals surface area contributed by atoms with Crippen LogP contribution in [-0.4, -0.2) is 56.7 Å². The van der Waals surface area contributed by atoms with Crippen molar-refractivity contribution in [3.63, 3.8) is 0 Å². The van der Waals surface area contributed by atoms with Crippen molar-refractivity contribution in [3.05, 3.63) is 91.4 Å². The molecular formula is C28H25Cl4N3O5. The van der Waals surface area contributed by atoms with Crippen LogP contribution in [0, 0.1) is 0 Å². The molecule has 0 saturated carbocycles. The first-order chi connectivity index (χ1) is 19.3. The fourth-order valence-corrected chi connectivity index (χ4v) is 5.07. The fourth-order valence-electron chi connectivity index (χ4n) is 3.90. The monoisotopic (exact) mass is 623 g/mol. The number of nitrogens with zero attached hydrogens (tertiary/aromatic N) is 1. The lowest BCUT2D eigenvalue weighted by atomic mass is 10.0. The predicted molar refractivity (Wildman–Crippen MR) is 158 cm³/mol. The second kappa shape index (κ2) is 14.2. The average Bonchev–Trinajstić information content (AvgIpc) is 3.04. The largest absolute Gasteiger partial charge is 0.490 e. The SMILES string of the molecule is CCOCCOCCOc1ccc(Cl)cc1C(=O)NC1N=C(c2c(Cl)cc(Cl)cc2Cl)c2ccccc2NC1=O. The van der Waals surface area contributed by atoms with Crippen LogP contribution in [0.2, 0.25) is 20.1 Å². The molecule has 210 valence electrons. The van der Waals surface area contributed by atoms with E-state index < -0.39 is 18.0 Å². The highest BCUT2D eigenvalue weighted by molar-refractivity contribution is 6.44. The van der Waals surface area contributed by atoms with Crippen LogP contribution in [0.1, 0.15) is 28.4 Å². The number of aliphatic imine (C=N–C) groups is 1. The third-order valence-corrected chi connectivity index (χ3v) is 6.76. The van der Waals surface area contributed by atoms with Crippen LogP contribution in [0.3, 0.4) is 0 Å². The number of halogens is 4. The molecule has 4 rings (SSSR count). The zero-order valence-electron chi connectivity index (χ0n) is 21.3. The maximum absolute atomic E-state index is 13.4. The second-order valence-electron chi connectivity index (χ2n) is 8.43. The highest BCUT2D eigenvalue weighted by Gasteiger charge is 2.30. The Bertz CT molecular complexity index is 1410. The Kier molecular flexibility index (Phi) is 10.7. The molecule has 1 heterocycles. The van der Waals surface area contributed by atoms with E-state index in [0.717, 1.165) is 0 Å². The highest BCUT2D eigenvalue weighted by Crippen LogP contribution is 2.34. The molecule has 1 aliphatic rings. The summed E-state index contributed by atoms with van der Waals surface area (Å²) < 4.78 is 16.5. The molecule has 1 aliphatic heterocycles. The van der Waals surface area contributed by atoms with Gasteiger partial charge in [0.2, 0.25) is 6.17 Å². The zero-order chi connectivity index (χ0) is 28.6. The van der Waals surface area contributed by atoms with Crippen molar-refractivity contribution in [2.24, 2.45) is 4.99 Å². The highest BCUT2D eigenvalue weighted by atomic mass is 35.5. The van der Waals surface area contributed by atoms with Gasteiger partial charge in [-0.15, -0.1) is 0 Å². The Balaban J connectivity index is 1.60. The van der Waals surface area contributed by atoms with E-state index in [9.17, 15) is 9.59 Å². The topological polar surface area (TPSA) is 98.2 Å². The van der Waals surface area contributed by atoms with Crippen molar-refractivity contribution in [1.82, 2.24) is 5.32 Å². The van der Waals surface area contributed by atoms with E-state index in [-0.39, 0.29) is 34.6 Å². The van der Waals surface area contributed by atoms with Crippen LogP contribution >= 0.6 is 46.4 Å². The molecule has 0 spiro atoms. The van der Waals surface area contributed by atoms with Gasteiger partial charge in [-0.1, -0.05) is 64.6 Å². The number of rotatable bonds is 11. The Hall–Kier alpha value is -2.85. The van der Waals surface area contributed by atoms with Gasteiger partial charge >= 0.3 is 0 Å². The Morgan fingerprint density at radius 1 is 0.925 bits per heavy atom. The van der Waals surface area contributed by atoms with Crippen molar-refractivity contribution in [3.8, 4) is 5.75 Å². The van der Waals surface area contributed by atoms with Crippen LogP contribution in [-0.2, 0) is 14.3 Å². The Labute approximate surface area is 251 Å². The first-order valence-electron chi connectivity index (χ1n) is 12.3. The molecule has 0 fully saturated rings. The number of hydrogen-bond donors (Lipinski definition) is 2. The fraction of sp³-hybridized carbons (Fsp3) is 0.250. The van der Waals surface area contributed by atoms with Crippen molar-refractivity contribution in [2.45, 2.75) is 13.1 Å². The molecule has 8 nitrogen and oxygen atoms in total. The van der Waals surface area contributed by atoms with Crippen molar-refractivity contribution >= 4 is 69.6 Å². The number of benzodiazepines with no additional fused rings is 1. The molecule has 0 bridgehead atoms. The summed E-state index contributed by atoms with van der Waals surface area (Å²) in [6.07, 6.45) is -1.34. The van der Waals surface area contributed by atoms with Crippen LogP contribution in [0.4, 0.5) is 5.69 Å². The summed E-state index contributed by atoms with van der Waals surface area (Å²) >= 11 is 25.3. The number of amides is 2. The summed E-state index contributed by atoms with van der Waals surface area (Å²) in [6, 6.07) is 14.7. The number of benzene rings is 3. The Morgan fingerprint density at radius 3 is 2.38 bits per heavy atom. The molecule has 2 amide bonds. The molecular weight excluding hydrogens is 600 g/mol. The van der Waals surface area contributed by atoms with Crippen LogP contribution in [0.15, 0.2) is 59.6 Å². The molecule has 2 N–H and O–H groups in total. The molecule has 0 aromatic heterocycles. The van der Waals surface area contributed by atoms with E-state index in [4.69, 9.17) is 60.6 Å². The van der Waals surface area contributed by atoms with E-state index in [1.165, 1.54) is 18.2 Å². The molecule has 0 saturated heterocycles. The number of hydrogen-bond acceptors (Lipinski definition) is 6. The van der Waals surface area contributed by atoms with Gasteiger partial charge in [-0.25, -0.2) is 4.99 Å². The van der Waals surface area contributed by atoms with Gasteiger partial charge in [0.05, 0.1) is 46.8 Å². The molecule has 40 heavy (non-hydrogen) atoms. The number of anilines is 1. The Morgan fingerprint density at radius 2 is 1.62 bits per heavy atom. The first kappa shape index (κ1) is 30.1. The van der Waals surface area contributed by atoms with Gasteiger partial charge in [0.1, 0.15) is 12.4 Å². The minimum Gasteiger partial charge on any atom is -0.490 e. The van der Waals surface area contributed by atoms with Crippen LogP contribution in [0.25, 0.3) is 0 Å². The quantitative estimate of drug-likeness (QED) is 0.245. The number of nitrogens with one attached hydrogen (secondary N) is 2. The van der Waals surface area contributed by atoms with Gasteiger partial charge in [-0.2, -0.15) is 0 Å². The lowest BCUT2D eigenvalue weighted by molar-refractivity contribution is -0.117. The maximum Gasteiger partial charge on any atom is 0.269 e. The van der Waals surface area contributed by atoms with E-state index in [1.54, 1.807) is 36.4 Å². The third-order valence-electron chi connectivity index (χ3n) is 5.71. The second-order valence-corrected chi connectivity index (χ2v) is 10.1. The van der Waals surface area contributed by atoms with Gasteiger partial charge < -0.3 is 24.8 Å². The lowest BCUT2D eigenvalue weighted by Crippen LogP contribution is -2.42. The van der Waals surface area contributed by atoms with Gasteiger partial charge in [0.25, 0.3) is 11.8 Å². The van der Waals surface area contributed by atoms with Crippen LogP contribution in [0.5, 0.6) is 5.75 Å². The number of carbonyl (C=O) groups excluding carboxylic acids is 2. The number of fused-ring (bicyclic) bond motifs is 1. The summed E-state index contributed by atoms with van der Waals surface area (Å²) in [6.45, 7) is 3.89. The van der Waals surface area contributed by atoms with Gasteiger partial charge in [-0.3, -0.25) is 9.59 Å². The summed E-state index contributed by atoms with van der Waals surface area (Å²) in [5, 5.41) is 6.59. The maximum atomic E-state index is 13.4. The summed E-state index contributed by atoms with van der Waals surface area (Å²) in [7, 11) is 0. The average molecular weight is 625 g/mol. The van der Waals surface area contributed by atoms with Gasteiger partial charge in [0.15, 0.2) is 0 Å². The summed E-state index contributed by atoms with van der Waals surface area (Å²) in [4.78, 5) is 31.2. The molecule has 1 unspecified atom stereocenters. The van der Waals surface area contributed by atoms with Crippen molar-refractivity contribution in [1.29, 1.82) is 0 Å². The smallest absolute Gasteiger partial charge is 0.269 e. The summed E-state index contributed by atoms with van der Waals surface area (Å²) in [5.41, 5.74) is 1.83. The minimum atomic E-state index is -1.34. The molecule has 1 atom stereocenters. The third kappa shape index (κ3) is 7.46. The standard InChI is InChI=1S/C28H25Cl4N3O5/c1-2-38-9-10-39-11-12-40-23-8-7-16(29)13-19(23)27(36)35-26-28(37)33-22-6-4-3-5-18(22)25(34-26)24-20(31)14-17(30)15-21(24)32/h3-8,13-15,26H,2,9-12H2,1H3,(H,33,37)(H,35,36). The van der Waals surface area contributed by atoms with E-state index in [2.05, 4.69) is 15.6 Å². The van der Waals surface area contributed by atoms with E-state index >= 15 is 0 Å². The van der Waals surface area contributed by atoms with E-state index in [1.807, 2.05) is 6.92 Å². The van der Waals surface area contributed by atoms with Crippen molar-refractivity contribution in [2.75, 3.05) is 38.4 Å². The number of para-hydroxylation sites is 1. The zero-order valence-corrected chi connectivity index (χ0v) is 24.3. The molecule has 3 aromatic carbocycles. The molecule has 0 aliphatic carbocycles. The van der Waals surface area contributed by atoms with Gasteiger partial charge in [0, 0.05) is 27.8 Å². The molecule has 3 aromatic rings. The molecule has 0 radical (unpaired) electrons. The minimum absolute atomic E-state index is 0.121. The lowest BCUT2D eigenvalue weighted by Gasteiger charge is -2.16. The van der Waals surface area contributed by atoms with Gasteiger partial charge in [-0.05, 0) is 43.3 Å². The predicted octanol–water partition coefficient (Wildman–Crippen LogP) is 6.28. The summed E-state index contributed by atoms with van der Waals surface area (Å²) in [5.74, 6) is -0.929. The first-order valence-corrected chi connectivity index (χ1v) is 13.8. The normalized spacial score (nSPS) is 14.6. The number of ether oxygens (including phenoxy) is 3. The number of carbonyl (C=O) groups is 2. The molecule has 12 heteroatoms. The van der Waals surface area contributed by atoms with Crippen molar-refractivity contribution < 1.29 is 23.8 Å².